The monoisotopic (exact) mass is 838 g/mol. The molecule has 0 spiro atoms. The lowest BCUT2D eigenvalue weighted by atomic mass is 9.82. The van der Waals surface area contributed by atoms with Crippen molar-refractivity contribution in [3.05, 3.63) is 172 Å². The van der Waals surface area contributed by atoms with Crippen molar-refractivity contribution >= 4 is 75.2 Å². The standard InChI is InChI=1S/C52H46N4O3S2/c1-6-27-55(35-19-15-33(16-20-35)28-47-49(59)54(32-48(57)58)50(60)61-47)53-31-34-17-21-36(22-18-34)56(37-23-25-41-39-11-7-9-13-43(39)51(2,3)45(41)29-37)38-24-26-42-40-12-8-10-14-44(40)52(4,5)46(42)30-38/h7-26,28-31H,6,27,32H2,1-5H3,(H,57,58)/b47-28-,53-31+. The summed E-state index contributed by atoms with van der Waals surface area (Å²) >= 11 is 6.37. The lowest BCUT2D eigenvalue weighted by Crippen LogP contribution is -2.33. The molecule has 1 heterocycles. The fourth-order valence-corrected chi connectivity index (χ4v) is 10.3. The molecule has 0 saturated carbocycles. The van der Waals surface area contributed by atoms with E-state index < -0.39 is 18.4 Å². The molecule has 1 N–H and O–H groups in total. The number of anilines is 4. The highest BCUT2D eigenvalue weighted by Crippen LogP contribution is 2.53. The highest BCUT2D eigenvalue weighted by Gasteiger charge is 2.38. The third-order valence-electron chi connectivity index (χ3n) is 12.2. The molecule has 1 fully saturated rings. The van der Waals surface area contributed by atoms with Crippen molar-refractivity contribution < 1.29 is 14.7 Å². The van der Waals surface area contributed by atoms with E-state index in [0.29, 0.717) is 11.4 Å². The Morgan fingerprint density at radius 3 is 1.72 bits per heavy atom. The summed E-state index contributed by atoms with van der Waals surface area (Å²) in [5, 5.41) is 16.1. The van der Waals surface area contributed by atoms with Crippen LogP contribution in [0.4, 0.5) is 22.7 Å². The fraction of sp³-hybridized carbons (Fsp3) is 0.192. The molecule has 7 nitrogen and oxygen atoms in total. The second-order valence-corrected chi connectivity index (χ2v) is 18.5. The quantitative estimate of drug-likeness (QED) is 0.0603. The van der Waals surface area contributed by atoms with Gasteiger partial charge in [0.25, 0.3) is 5.91 Å². The summed E-state index contributed by atoms with van der Waals surface area (Å²) < 4.78 is 0.247. The molecule has 2 aliphatic carbocycles. The number of thioether (sulfide) groups is 1. The van der Waals surface area contributed by atoms with E-state index in [1.54, 1.807) is 6.08 Å². The number of rotatable bonds is 11. The summed E-state index contributed by atoms with van der Waals surface area (Å²) in [6.45, 7) is 11.7. The molecule has 1 amide bonds. The van der Waals surface area contributed by atoms with Crippen LogP contribution >= 0.6 is 24.0 Å². The average molecular weight is 839 g/mol. The molecule has 1 saturated heterocycles. The van der Waals surface area contributed by atoms with Gasteiger partial charge in [0.2, 0.25) is 0 Å². The van der Waals surface area contributed by atoms with Crippen LogP contribution in [0, 0.1) is 0 Å². The number of fused-ring (bicyclic) bond motifs is 6. The fourth-order valence-electron chi connectivity index (χ4n) is 9.09. The van der Waals surface area contributed by atoms with Gasteiger partial charge < -0.3 is 10.0 Å². The molecule has 0 radical (unpaired) electrons. The van der Waals surface area contributed by atoms with Crippen LogP contribution in [0.15, 0.2) is 143 Å². The van der Waals surface area contributed by atoms with Crippen molar-refractivity contribution in [1.82, 2.24) is 4.90 Å². The van der Waals surface area contributed by atoms with Gasteiger partial charge in [0.1, 0.15) is 10.9 Å². The molecule has 0 unspecified atom stereocenters. The van der Waals surface area contributed by atoms with Gasteiger partial charge in [-0.2, -0.15) is 5.10 Å². The Labute approximate surface area is 367 Å². The minimum atomic E-state index is -1.10. The van der Waals surface area contributed by atoms with E-state index in [0.717, 1.165) is 57.0 Å². The molecule has 3 aliphatic rings. The first-order valence-electron chi connectivity index (χ1n) is 20.6. The van der Waals surface area contributed by atoms with Crippen LogP contribution in [0.25, 0.3) is 28.3 Å². The van der Waals surface area contributed by atoms with E-state index in [9.17, 15) is 14.7 Å². The molecule has 0 aromatic heterocycles. The van der Waals surface area contributed by atoms with Crippen LogP contribution in [-0.2, 0) is 20.4 Å². The third kappa shape index (κ3) is 7.15. The maximum Gasteiger partial charge on any atom is 0.323 e. The van der Waals surface area contributed by atoms with E-state index >= 15 is 0 Å². The molecule has 304 valence electrons. The van der Waals surface area contributed by atoms with Crippen molar-refractivity contribution in [3.63, 3.8) is 0 Å². The summed E-state index contributed by atoms with van der Waals surface area (Å²) in [5.74, 6) is -1.49. The number of benzene rings is 6. The normalized spacial score (nSPS) is 16.1. The predicted molar refractivity (Wildman–Crippen MR) is 255 cm³/mol. The predicted octanol–water partition coefficient (Wildman–Crippen LogP) is 12.3. The summed E-state index contributed by atoms with van der Waals surface area (Å²) in [6, 6.07) is 47.9. The Morgan fingerprint density at radius 1 is 0.689 bits per heavy atom. The number of carbonyl (C=O) groups excluding carboxylic acids is 1. The Bertz CT molecular complexity index is 2700. The number of thiocarbonyl (C=S) groups is 1. The maximum atomic E-state index is 12.8. The van der Waals surface area contributed by atoms with E-state index in [1.165, 1.54) is 44.5 Å². The average Bonchev–Trinajstić information content (AvgIpc) is 3.75. The van der Waals surface area contributed by atoms with E-state index in [2.05, 4.69) is 149 Å². The van der Waals surface area contributed by atoms with Crippen molar-refractivity contribution in [2.75, 3.05) is 23.0 Å². The zero-order valence-electron chi connectivity index (χ0n) is 34.8. The SMILES string of the molecule is CCCN(/N=C/c1ccc(N(c2ccc3c(c2)C(C)(C)c2ccccc2-3)c2ccc3c(c2)C(C)(C)c2ccccc2-3)cc1)c1ccc(/C=C2\SC(=S)N(CC(=O)O)C2=O)cc1. The first-order chi connectivity index (χ1) is 29.3. The number of amides is 1. The zero-order valence-corrected chi connectivity index (χ0v) is 36.5. The van der Waals surface area contributed by atoms with Crippen molar-refractivity contribution in [1.29, 1.82) is 0 Å². The smallest absolute Gasteiger partial charge is 0.323 e. The number of aliphatic carboxylic acids is 1. The van der Waals surface area contributed by atoms with Crippen molar-refractivity contribution in [3.8, 4) is 22.3 Å². The van der Waals surface area contributed by atoms with Crippen molar-refractivity contribution in [2.24, 2.45) is 5.10 Å². The van der Waals surface area contributed by atoms with Gasteiger partial charge in [-0.3, -0.25) is 19.5 Å². The second-order valence-electron chi connectivity index (χ2n) is 16.8. The van der Waals surface area contributed by atoms with Crippen LogP contribution in [-0.4, -0.2) is 45.5 Å². The van der Waals surface area contributed by atoms with Gasteiger partial charge in [-0.15, -0.1) is 0 Å². The van der Waals surface area contributed by atoms with E-state index in [-0.39, 0.29) is 15.2 Å². The molecular formula is C52H46N4O3S2. The lowest BCUT2D eigenvalue weighted by molar-refractivity contribution is -0.140. The molecule has 1 aliphatic heterocycles. The molecular weight excluding hydrogens is 793 g/mol. The zero-order chi connectivity index (χ0) is 42.6. The summed E-state index contributed by atoms with van der Waals surface area (Å²) in [4.78, 5) is 27.9. The summed E-state index contributed by atoms with van der Waals surface area (Å²) in [5.41, 5.74) is 16.3. The summed E-state index contributed by atoms with van der Waals surface area (Å²) in [7, 11) is 0. The van der Waals surface area contributed by atoms with E-state index in [1.807, 2.05) is 35.5 Å². The van der Waals surface area contributed by atoms with Crippen LogP contribution in [0.5, 0.6) is 0 Å². The van der Waals surface area contributed by atoms with Gasteiger partial charge in [-0.1, -0.05) is 144 Å². The number of carboxylic acid groups (broad SMARTS) is 1. The third-order valence-corrected chi connectivity index (χ3v) is 13.6. The molecule has 9 rings (SSSR count). The number of hydrogen-bond donors (Lipinski definition) is 1. The van der Waals surface area contributed by atoms with Gasteiger partial charge in [0.15, 0.2) is 0 Å². The second kappa shape index (κ2) is 15.6. The topological polar surface area (TPSA) is 76.4 Å². The Hall–Kier alpha value is -6.29. The van der Waals surface area contributed by atoms with Crippen LogP contribution in [0.2, 0.25) is 0 Å². The van der Waals surface area contributed by atoms with E-state index in [4.69, 9.17) is 17.3 Å². The van der Waals surface area contributed by atoms with Gasteiger partial charge >= 0.3 is 5.97 Å². The Balaban J connectivity index is 1.02. The number of nitrogens with zero attached hydrogens (tertiary/aromatic N) is 4. The maximum absolute atomic E-state index is 12.8. The van der Waals surface area contributed by atoms with Crippen molar-refractivity contribution in [2.45, 2.75) is 51.9 Å². The Kier molecular flexibility index (Phi) is 10.3. The molecule has 0 bridgehead atoms. The van der Waals surface area contributed by atoms with Gasteiger partial charge in [0, 0.05) is 34.4 Å². The first kappa shape index (κ1) is 40.1. The minimum absolute atomic E-state index is 0.134. The van der Waals surface area contributed by atoms with Gasteiger partial charge in [-0.25, -0.2) is 0 Å². The van der Waals surface area contributed by atoms with Gasteiger partial charge in [0.05, 0.1) is 16.8 Å². The minimum Gasteiger partial charge on any atom is -0.480 e. The molecule has 6 aromatic carbocycles. The molecule has 6 aromatic rings. The molecule has 9 heteroatoms. The highest BCUT2D eigenvalue weighted by molar-refractivity contribution is 8.26. The first-order valence-corrected chi connectivity index (χ1v) is 21.9. The van der Waals surface area contributed by atoms with Gasteiger partial charge in [-0.05, 0) is 117 Å². The molecule has 0 atom stereocenters. The highest BCUT2D eigenvalue weighted by atomic mass is 32.2. The summed E-state index contributed by atoms with van der Waals surface area (Å²) in [6.07, 6.45) is 4.54. The largest absolute Gasteiger partial charge is 0.480 e. The molecule has 61 heavy (non-hydrogen) atoms. The number of hydrazone groups is 1. The van der Waals surface area contributed by atoms with Crippen LogP contribution in [0.1, 0.15) is 74.4 Å². The number of carboxylic acids is 1. The van der Waals surface area contributed by atoms with Crippen LogP contribution in [0.3, 0.4) is 0 Å². The van der Waals surface area contributed by atoms with Crippen LogP contribution < -0.4 is 9.91 Å². The number of hydrogen-bond acceptors (Lipinski definition) is 7. The lowest BCUT2D eigenvalue weighted by Gasteiger charge is -2.29. The number of carbonyl (C=O) groups is 2. The Morgan fingerprint density at radius 2 is 1.18 bits per heavy atom.